The van der Waals surface area contributed by atoms with Crippen LogP contribution < -0.4 is 10.2 Å². The van der Waals surface area contributed by atoms with E-state index in [1.165, 1.54) is 68.4 Å². The van der Waals surface area contributed by atoms with E-state index in [1.54, 1.807) is 0 Å². The van der Waals surface area contributed by atoms with Gasteiger partial charge in [-0.2, -0.15) is 5.26 Å². The first kappa shape index (κ1) is 25.0. The topological polar surface area (TPSA) is 39.1 Å². The molecular formula is C32H39N3. The monoisotopic (exact) mass is 465 g/mol. The highest BCUT2D eigenvalue weighted by Gasteiger charge is 2.19. The maximum Gasteiger partial charge on any atom is 0.0669 e. The van der Waals surface area contributed by atoms with Crippen LogP contribution in [0.4, 0.5) is 5.69 Å². The van der Waals surface area contributed by atoms with Crippen LogP contribution >= 0.6 is 0 Å². The van der Waals surface area contributed by atoms with Crippen LogP contribution in [0.2, 0.25) is 0 Å². The van der Waals surface area contributed by atoms with Gasteiger partial charge in [0.15, 0.2) is 0 Å². The molecule has 0 unspecified atom stereocenters. The number of nitrogens with zero attached hydrogens (tertiary/aromatic N) is 2. The lowest BCUT2D eigenvalue weighted by Gasteiger charge is -2.33. The van der Waals surface area contributed by atoms with Crippen molar-refractivity contribution >= 4 is 5.69 Å². The molecule has 3 aromatic rings. The Bertz CT molecular complexity index is 1010. The van der Waals surface area contributed by atoms with Crippen molar-refractivity contribution < 1.29 is 0 Å². The zero-order valence-corrected chi connectivity index (χ0v) is 20.9. The Kier molecular flexibility index (Phi) is 9.80. The van der Waals surface area contributed by atoms with E-state index >= 15 is 0 Å². The van der Waals surface area contributed by atoms with Gasteiger partial charge in [-0.15, -0.1) is 0 Å². The molecule has 2 saturated heterocycles. The fourth-order valence-electron chi connectivity index (χ4n) is 5.29. The Morgan fingerprint density at radius 2 is 1.17 bits per heavy atom. The van der Waals surface area contributed by atoms with Crippen LogP contribution in [0.25, 0.3) is 0 Å². The van der Waals surface area contributed by atoms with E-state index in [0.717, 1.165) is 30.5 Å². The highest BCUT2D eigenvalue weighted by molar-refractivity contribution is 5.48. The van der Waals surface area contributed by atoms with Gasteiger partial charge in [-0.25, -0.2) is 0 Å². The third-order valence-electron chi connectivity index (χ3n) is 7.39. The molecule has 35 heavy (non-hydrogen) atoms. The summed E-state index contributed by atoms with van der Waals surface area (Å²) in [7, 11) is 0. The molecular weight excluding hydrogens is 426 g/mol. The fourth-order valence-corrected chi connectivity index (χ4v) is 5.29. The molecule has 2 heterocycles. The number of nitriles is 1. The Labute approximate surface area is 211 Å². The number of anilines is 1. The second kappa shape index (κ2) is 13.7. The molecule has 0 aromatic heterocycles. The fraction of sp³-hybridized carbons (Fsp3) is 0.406. The van der Waals surface area contributed by atoms with Crippen molar-refractivity contribution in [1.29, 1.82) is 5.26 Å². The summed E-state index contributed by atoms with van der Waals surface area (Å²) < 4.78 is 0. The summed E-state index contributed by atoms with van der Waals surface area (Å²) in [4.78, 5) is 2.47. The molecule has 3 heteroatoms. The van der Waals surface area contributed by atoms with E-state index in [4.69, 9.17) is 5.26 Å². The minimum atomic E-state index is 0.499. The number of rotatable bonds is 6. The van der Waals surface area contributed by atoms with Gasteiger partial charge in [0, 0.05) is 18.8 Å². The van der Waals surface area contributed by atoms with Gasteiger partial charge in [-0.1, -0.05) is 72.8 Å². The van der Waals surface area contributed by atoms with Gasteiger partial charge in [-0.05, 0) is 92.3 Å². The van der Waals surface area contributed by atoms with Crippen molar-refractivity contribution in [1.82, 2.24) is 5.32 Å². The van der Waals surface area contributed by atoms with Gasteiger partial charge in [0.1, 0.15) is 0 Å². The lowest BCUT2D eigenvalue weighted by Crippen LogP contribution is -2.34. The molecule has 2 fully saturated rings. The van der Waals surface area contributed by atoms with Crippen molar-refractivity contribution in [3.8, 4) is 6.07 Å². The van der Waals surface area contributed by atoms with Crippen molar-refractivity contribution in [2.24, 2.45) is 11.8 Å². The first-order valence-corrected chi connectivity index (χ1v) is 13.3. The molecule has 1 N–H and O–H groups in total. The van der Waals surface area contributed by atoms with E-state index in [0.29, 0.717) is 6.42 Å². The average molecular weight is 466 g/mol. The molecule has 3 aromatic carbocycles. The van der Waals surface area contributed by atoms with E-state index in [-0.39, 0.29) is 0 Å². The average Bonchev–Trinajstić information content (AvgIpc) is 2.92. The maximum absolute atomic E-state index is 8.73. The van der Waals surface area contributed by atoms with E-state index in [1.807, 2.05) is 0 Å². The molecule has 2 aliphatic heterocycles. The Balaban J connectivity index is 0.000000189. The third-order valence-corrected chi connectivity index (χ3v) is 7.39. The summed E-state index contributed by atoms with van der Waals surface area (Å²) in [6.45, 7) is 4.68. The largest absolute Gasteiger partial charge is 0.372 e. The highest BCUT2D eigenvalue weighted by atomic mass is 15.1. The standard InChI is InChI=1S/C20H22N2.C12H17N/c21-13-10-17-6-8-20(9-7-17)22-14-11-19(12-15-22)16-18-4-2-1-3-5-18;1-2-4-11(5-3-1)10-12-6-8-13-9-7-12/h1-9,19H,10-12,14-16H2;1-5,12-13H,6-10H2. The Hall–Kier alpha value is -3.09. The number of piperidine rings is 2. The van der Waals surface area contributed by atoms with Crippen LogP contribution in [0.3, 0.4) is 0 Å². The molecule has 3 nitrogen and oxygen atoms in total. The van der Waals surface area contributed by atoms with E-state index in [9.17, 15) is 0 Å². The SMILES string of the molecule is N#CCc1ccc(N2CCC(Cc3ccccc3)CC2)cc1.c1ccc(CC2CCNCC2)cc1. The van der Waals surface area contributed by atoms with Crippen molar-refractivity contribution in [3.63, 3.8) is 0 Å². The van der Waals surface area contributed by atoms with Gasteiger partial charge >= 0.3 is 0 Å². The summed E-state index contributed by atoms with van der Waals surface area (Å²) >= 11 is 0. The summed E-state index contributed by atoms with van der Waals surface area (Å²) in [6, 6.07) is 32.3. The van der Waals surface area contributed by atoms with E-state index in [2.05, 4.69) is 101 Å². The minimum absolute atomic E-state index is 0.499. The molecule has 5 rings (SSSR count). The second-order valence-electron chi connectivity index (χ2n) is 10.0. The molecule has 0 atom stereocenters. The molecule has 0 amide bonds. The smallest absolute Gasteiger partial charge is 0.0669 e. The summed E-state index contributed by atoms with van der Waals surface area (Å²) in [5.41, 5.74) is 5.35. The lowest BCUT2D eigenvalue weighted by atomic mass is 9.90. The van der Waals surface area contributed by atoms with Crippen LogP contribution in [0.5, 0.6) is 0 Å². The van der Waals surface area contributed by atoms with Crippen LogP contribution in [0.15, 0.2) is 84.9 Å². The summed E-state index contributed by atoms with van der Waals surface area (Å²) in [6.07, 6.45) is 8.17. The number of hydrogen-bond donors (Lipinski definition) is 1. The zero-order chi connectivity index (χ0) is 24.1. The van der Waals surface area contributed by atoms with Gasteiger partial charge in [0.2, 0.25) is 0 Å². The third kappa shape index (κ3) is 8.26. The Morgan fingerprint density at radius 3 is 1.69 bits per heavy atom. The first-order chi connectivity index (χ1) is 17.3. The maximum atomic E-state index is 8.73. The normalized spacial score (nSPS) is 16.7. The van der Waals surface area contributed by atoms with Crippen LogP contribution in [0, 0.1) is 23.2 Å². The van der Waals surface area contributed by atoms with Crippen LogP contribution in [-0.4, -0.2) is 26.2 Å². The predicted molar refractivity (Wildman–Crippen MR) is 147 cm³/mol. The summed E-state index contributed by atoms with van der Waals surface area (Å²) in [5.74, 6) is 1.71. The number of benzene rings is 3. The zero-order valence-electron chi connectivity index (χ0n) is 20.9. The predicted octanol–water partition coefficient (Wildman–Crippen LogP) is 6.44. The van der Waals surface area contributed by atoms with E-state index < -0.39 is 0 Å². The van der Waals surface area contributed by atoms with Gasteiger partial charge in [0.05, 0.1) is 12.5 Å². The van der Waals surface area contributed by atoms with Gasteiger partial charge < -0.3 is 10.2 Å². The molecule has 0 spiro atoms. The van der Waals surface area contributed by atoms with Crippen molar-refractivity contribution in [2.75, 3.05) is 31.1 Å². The first-order valence-electron chi connectivity index (χ1n) is 13.3. The van der Waals surface area contributed by atoms with Gasteiger partial charge in [-0.3, -0.25) is 0 Å². The molecule has 0 bridgehead atoms. The summed E-state index contributed by atoms with van der Waals surface area (Å²) in [5, 5.41) is 12.1. The lowest BCUT2D eigenvalue weighted by molar-refractivity contribution is 0.372. The highest BCUT2D eigenvalue weighted by Crippen LogP contribution is 2.26. The van der Waals surface area contributed by atoms with Crippen LogP contribution in [0.1, 0.15) is 42.4 Å². The second-order valence-corrected chi connectivity index (χ2v) is 10.0. The number of hydrogen-bond acceptors (Lipinski definition) is 3. The number of nitrogens with one attached hydrogen (secondary N) is 1. The van der Waals surface area contributed by atoms with Crippen molar-refractivity contribution in [2.45, 2.75) is 44.9 Å². The molecule has 0 saturated carbocycles. The van der Waals surface area contributed by atoms with Crippen molar-refractivity contribution in [3.05, 3.63) is 102 Å². The minimum Gasteiger partial charge on any atom is -0.372 e. The molecule has 182 valence electrons. The molecule has 0 aliphatic carbocycles. The molecule has 2 aliphatic rings. The van der Waals surface area contributed by atoms with Gasteiger partial charge in [0.25, 0.3) is 0 Å². The molecule has 0 radical (unpaired) electrons. The quantitative estimate of drug-likeness (QED) is 0.455. The Morgan fingerprint density at radius 1 is 0.657 bits per heavy atom. The van der Waals surface area contributed by atoms with Crippen LogP contribution in [-0.2, 0) is 19.3 Å².